The quantitative estimate of drug-likeness (QED) is 0.0582. The molecule has 0 saturated heterocycles. The summed E-state index contributed by atoms with van der Waals surface area (Å²) < 4.78 is 4.76. The van der Waals surface area contributed by atoms with Crippen LogP contribution in [0.2, 0.25) is 0 Å². The zero-order valence-corrected chi connectivity index (χ0v) is 31.9. The molecule has 2 aliphatic rings. The van der Waals surface area contributed by atoms with Crippen LogP contribution < -0.4 is 0 Å². The first-order chi connectivity index (χ1) is 28.9. The highest BCUT2D eigenvalue weighted by Crippen LogP contribution is 2.39. The predicted molar refractivity (Wildman–Crippen MR) is 237 cm³/mol. The second kappa shape index (κ2) is 15.8. The molecule has 59 heavy (non-hydrogen) atoms. The van der Waals surface area contributed by atoms with Crippen molar-refractivity contribution in [1.82, 2.24) is 19.9 Å². The molecule has 3 N–H and O–H groups in total. The Kier molecular flexibility index (Phi) is 9.78. The maximum absolute atomic E-state index is 11.9. The van der Waals surface area contributed by atoms with Crippen LogP contribution in [-0.2, 0) is 14.3 Å². The Labute approximate surface area is 339 Å². The largest absolute Gasteiger partial charge is 0.475 e. The number of nitrogens with one attached hydrogen (secondary N) is 2. The van der Waals surface area contributed by atoms with Gasteiger partial charge in [-0.25, -0.2) is 14.8 Å². The minimum absolute atomic E-state index is 0.102. The molecular formula is C51H36N4O4. The number of hydrogen-bond donors (Lipinski definition) is 3. The second-order valence-corrected chi connectivity index (χ2v) is 14.1. The smallest absolute Gasteiger partial charge is 0.371 e. The lowest BCUT2D eigenvalue weighted by molar-refractivity contribution is -0.141. The van der Waals surface area contributed by atoms with E-state index in [1.807, 2.05) is 72.8 Å². The molecule has 0 saturated carbocycles. The molecule has 0 fully saturated rings. The van der Waals surface area contributed by atoms with E-state index in [-0.39, 0.29) is 6.47 Å². The highest BCUT2D eigenvalue weighted by Gasteiger charge is 2.20. The summed E-state index contributed by atoms with van der Waals surface area (Å²) in [5, 5.41) is 9.67. The topological polar surface area (TPSA) is 121 Å². The van der Waals surface area contributed by atoms with Gasteiger partial charge in [-0.15, -0.1) is 0 Å². The molecule has 5 heterocycles. The van der Waals surface area contributed by atoms with Gasteiger partial charge in [0, 0.05) is 44.4 Å². The Bertz CT molecular complexity index is 3060. The summed E-state index contributed by atoms with van der Waals surface area (Å²) in [7, 11) is 0. The zero-order valence-electron chi connectivity index (χ0n) is 31.9. The normalized spacial score (nSPS) is 12.3. The van der Waals surface area contributed by atoms with Crippen LogP contribution in [0.15, 0.2) is 151 Å². The number of fused-ring (bicyclic) bond motifs is 8. The van der Waals surface area contributed by atoms with Gasteiger partial charge in [-0.3, -0.25) is 4.79 Å². The molecule has 0 atom stereocenters. The van der Waals surface area contributed by atoms with Crippen molar-refractivity contribution in [2.24, 2.45) is 0 Å². The van der Waals surface area contributed by atoms with E-state index in [0.29, 0.717) is 0 Å². The Morgan fingerprint density at radius 3 is 1.56 bits per heavy atom. The van der Waals surface area contributed by atoms with Gasteiger partial charge in [0.1, 0.15) is 0 Å². The number of benzene rings is 4. The first kappa shape index (κ1) is 36.5. The van der Waals surface area contributed by atoms with Crippen molar-refractivity contribution in [3.8, 4) is 44.5 Å². The van der Waals surface area contributed by atoms with E-state index in [0.717, 1.165) is 100 Å². The molecule has 4 aromatic carbocycles. The van der Waals surface area contributed by atoms with E-state index >= 15 is 0 Å². The predicted octanol–water partition coefficient (Wildman–Crippen LogP) is 11.8. The lowest BCUT2D eigenvalue weighted by Crippen LogP contribution is -2.03. The molecule has 0 amide bonds. The summed E-state index contributed by atoms with van der Waals surface area (Å²) in [5.41, 5.74) is 15.8. The number of carbonyl (C=O) groups excluding carboxylic acids is 1. The van der Waals surface area contributed by atoms with Gasteiger partial charge in [0.25, 0.3) is 6.47 Å². The lowest BCUT2D eigenvalue weighted by Gasteiger charge is -2.08. The maximum Gasteiger partial charge on any atom is 0.371 e. The second-order valence-electron chi connectivity index (χ2n) is 14.1. The van der Waals surface area contributed by atoms with Crippen molar-refractivity contribution < 1.29 is 19.4 Å². The average molecular weight is 769 g/mol. The minimum atomic E-state index is -1.36. The highest BCUT2D eigenvalue weighted by atomic mass is 16.5. The highest BCUT2D eigenvalue weighted by molar-refractivity contribution is 6.02. The van der Waals surface area contributed by atoms with E-state index in [1.165, 1.54) is 6.08 Å². The molecule has 8 nitrogen and oxygen atoms in total. The summed E-state index contributed by atoms with van der Waals surface area (Å²) in [4.78, 5) is 41.3. The monoisotopic (exact) mass is 768 g/mol. The molecule has 8 bridgehead atoms. The Hall–Kier alpha value is -8.10. The Morgan fingerprint density at radius 1 is 0.576 bits per heavy atom. The summed E-state index contributed by atoms with van der Waals surface area (Å²) in [6, 6.07) is 45.2. The molecule has 2 aliphatic heterocycles. The number of aromatic nitrogens is 4. The maximum atomic E-state index is 11.9. The standard InChI is InChI=1S/C51H36N4O4/c1-32-13-11-20-36(29-32)49-43-28-27-41(54-43)47(34-16-7-3-8-17-34)39-24-23-38(52-39)46(33-14-5-2-6-15-33)40-25-26-42(53-40)48(35-18-9-4-10-19-35)44-30-37(50(49)55-44)21-12-22-45(51(57)58)59-31-56/h2-31,52,55H,1H3,(H,57,58)/b21-12+,45-22-,46-38?,46-40?,47-39?,47-41?,48-42?,48-44?,49-43?,50-49?. The number of aliphatic carboxylic acids is 1. The number of hydrogen-bond acceptors (Lipinski definition) is 5. The average Bonchev–Trinajstić information content (AvgIpc) is 4.09. The van der Waals surface area contributed by atoms with Crippen LogP contribution in [0.1, 0.15) is 33.9 Å². The third-order valence-electron chi connectivity index (χ3n) is 10.3. The van der Waals surface area contributed by atoms with Crippen molar-refractivity contribution in [3.05, 3.63) is 185 Å². The Morgan fingerprint density at radius 2 is 1.07 bits per heavy atom. The minimum Gasteiger partial charge on any atom is -0.475 e. The molecule has 284 valence electrons. The van der Waals surface area contributed by atoms with Crippen molar-refractivity contribution >= 4 is 64.9 Å². The number of carboxylic acids is 1. The number of nitrogens with zero attached hydrogens (tertiary/aromatic N) is 2. The molecule has 0 radical (unpaired) electrons. The van der Waals surface area contributed by atoms with Crippen LogP contribution in [0.5, 0.6) is 0 Å². The van der Waals surface area contributed by atoms with Gasteiger partial charge < -0.3 is 19.8 Å². The summed E-state index contributed by atoms with van der Waals surface area (Å²) in [6.45, 7) is 2.16. The van der Waals surface area contributed by atoms with Gasteiger partial charge in [-0.1, -0.05) is 133 Å². The fourth-order valence-corrected chi connectivity index (χ4v) is 7.72. The van der Waals surface area contributed by atoms with E-state index < -0.39 is 11.7 Å². The first-order valence-electron chi connectivity index (χ1n) is 19.1. The number of rotatable bonds is 9. The molecule has 9 rings (SSSR count). The zero-order chi connectivity index (χ0) is 40.3. The number of ether oxygens (including phenoxy) is 1. The van der Waals surface area contributed by atoms with Crippen molar-refractivity contribution in [1.29, 1.82) is 0 Å². The third-order valence-corrected chi connectivity index (χ3v) is 10.3. The Balaban J connectivity index is 1.49. The molecule has 7 aromatic rings. The van der Waals surface area contributed by atoms with Crippen molar-refractivity contribution in [2.45, 2.75) is 6.92 Å². The number of carbonyl (C=O) groups is 2. The summed E-state index contributed by atoms with van der Waals surface area (Å²) in [5.74, 6) is -1.87. The van der Waals surface area contributed by atoms with Crippen LogP contribution >= 0.6 is 0 Å². The van der Waals surface area contributed by atoms with Crippen molar-refractivity contribution in [3.63, 3.8) is 0 Å². The van der Waals surface area contributed by atoms with Crippen molar-refractivity contribution in [2.75, 3.05) is 0 Å². The van der Waals surface area contributed by atoms with Gasteiger partial charge in [-0.05, 0) is 77.8 Å². The van der Waals surface area contributed by atoms with Crippen LogP contribution in [-0.4, -0.2) is 37.5 Å². The number of H-pyrrole nitrogens is 2. The van der Waals surface area contributed by atoms with Gasteiger partial charge in [-0.2, -0.15) is 0 Å². The van der Waals surface area contributed by atoms with E-state index in [4.69, 9.17) is 14.7 Å². The fraction of sp³-hybridized carbons (Fsp3) is 0.0196. The lowest BCUT2D eigenvalue weighted by atomic mass is 10.00. The number of carboxylic acid groups (broad SMARTS) is 1. The summed E-state index contributed by atoms with van der Waals surface area (Å²) in [6.07, 6.45) is 12.8. The van der Waals surface area contributed by atoms with Crippen LogP contribution in [0.3, 0.4) is 0 Å². The van der Waals surface area contributed by atoms with E-state index in [2.05, 4.69) is 102 Å². The van der Waals surface area contributed by atoms with Gasteiger partial charge in [0.05, 0.1) is 28.3 Å². The van der Waals surface area contributed by atoms with E-state index in [9.17, 15) is 14.7 Å². The first-order valence-corrected chi connectivity index (χ1v) is 19.1. The molecule has 8 heteroatoms. The number of allylic oxidation sites excluding steroid dienone is 2. The van der Waals surface area contributed by atoms with Crippen LogP contribution in [0.25, 0.3) is 97.0 Å². The summed E-state index contributed by atoms with van der Waals surface area (Å²) >= 11 is 0. The van der Waals surface area contributed by atoms with Crippen LogP contribution in [0, 0.1) is 6.92 Å². The van der Waals surface area contributed by atoms with Gasteiger partial charge in [0.15, 0.2) is 0 Å². The SMILES string of the molecule is Cc1cccc(-c2c3nc(c(-c4ccccc4)c4ccc([nH]4)c(-c4ccccc4)c4nc(c(-c5ccccc5)c5cc(/C=C/C=C(\OC=O)C(=O)O)c2[nH]5)C=C4)C=C3)c1. The molecule has 0 unspecified atom stereocenters. The molecule has 0 spiro atoms. The van der Waals surface area contributed by atoms with Gasteiger partial charge in [0.2, 0.25) is 5.76 Å². The molecule has 0 aliphatic carbocycles. The molecule has 3 aromatic heterocycles. The van der Waals surface area contributed by atoms with E-state index in [1.54, 1.807) is 12.2 Å². The van der Waals surface area contributed by atoms with Crippen LogP contribution in [0.4, 0.5) is 0 Å². The molecular weight excluding hydrogens is 733 g/mol. The van der Waals surface area contributed by atoms with Gasteiger partial charge >= 0.3 is 5.97 Å². The fourth-order valence-electron chi connectivity index (χ4n) is 7.72. The number of aryl methyl sites for hydroxylation is 1. The number of aromatic amines is 2. The third kappa shape index (κ3) is 7.22.